The molecule has 0 aromatic carbocycles. The maximum absolute atomic E-state index is 13.2. The number of hydrogen-bond donors (Lipinski definition) is 4. The number of aromatic nitrogens is 2. The van der Waals surface area contributed by atoms with Gasteiger partial charge in [0.1, 0.15) is 11.4 Å². The van der Waals surface area contributed by atoms with Crippen LogP contribution >= 0.6 is 11.6 Å². The number of nitrogens with zero attached hydrogens (tertiary/aromatic N) is 4. The van der Waals surface area contributed by atoms with Crippen LogP contribution in [0.5, 0.6) is 0 Å². The summed E-state index contributed by atoms with van der Waals surface area (Å²) < 4.78 is 1.70. The number of fused-ring (bicyclic) bond motifs is 1. The first-order valence-electron chi connectivity index (χ1n) is 10.6. The van der Waals surface area contributed by atoms with Gasteiger partial charge in [-0.15, -0.1) is 11.6 Å². The number of nitrogens with two attached hydrogens (primary N) is 1. The van der Waals surface area contributed by atoms with Crippen LogP contribution in [-0.2, 0) is 6.54 Å². The number of likely N-dealkylation sites (tertiary alicyclic amines) is 1. The molecule has 4 rings (SSSR count). The molecule has 1 aromatic rings. The molecule has 2 fully saturated rings. The highest BCUT2D eigenvalue weighted by Crippen LogP contribution is 2.27. The number of halogens is 1. The van der Waals surface area contributed by atoms with Crippen molar-refractivity contribution in [3.63, 3.8) is 0 Å². The number of carbonyl (C=O) groups is 1. The summed E-state index contributed by atoms with van der Waals surface area (Å²) in [4.78, 5) is 18.1. The van der Waals surface area contributed by atoms with Gasteiger partial charge in [0.05, 0.1) is 18.0 Å². The molecular formula is C19H33ClN8O. The molecule has 1 amide bonds. The quantitative estimate of drug-likeness (QED) is 0.504. The first kappa shape index (κ1) is 20.7. The number of anilines is 2. The molecule has 4 heterocycles. The minimum absolute atomic E-state index is 0.0384. The fourth-order valence-corrected chi connectivity index (χ4v) is 5.06. The van der Waals surface area contributed by atoms with E-state index in [9.17, 15) is 4.79 Å². The van der Waals surface area contributed by atoms with E-state index in [0.717, 1.165) is 32.6 Å². The lowest BCUT2D eigenvalue weighted by atomic mass is 9.94. The maximum atomic E-state index is 13.2. The van der Waals surface area contributed by atoms with Gasteiger partial charge in [0.15, 0.2) is 5.82 Å². The molecule has 1 aromatic heterocycles. The summed E-state index contributed by atoms with van der Waals surface area (Å²) in [5.74, 6) is 0.758. The molecule has 29 heavy (non-hydrogen) atoms. The third kappa shape index (κ3) is 4.33. The van der Waals surface area contributed by atoms with Crippen LogP contribution in [0.25, 0.3) is 0 Å². The van der Waals surface area contributed by atoms with Crippen molar-refractivity contribution in [3.05, 3.63) is 5.56 Å². The second-order valence-electron chi connectivity index (χ2n) is 8.66. The summed E-state index contributed by atoms with van der Waals surface area (Å²) in [6, 6.07) is 0.938. The lowest BCUT2D eigenvalue weighted by Gasteiger charge is -2.45. The van der Waals surface area contributed by atoms with Crippen LogP contribution in [-0.4, -0.2) is 95.8 Å². The summed E-state index contributed by atoms with van der Waals surface area (Å²) >= 11 is 6.20. The molecule has 162 valence electrons. The van der Waals surface area contributed by atoms with Crippen LogP contribution < -0.4 is 21.7 Å². The number of alkyl halides is 1. The summed E-state index contributed by atoms with van der Waals surface area (Å²) in [5.41, 5.74) is 6.53. The number of amides is 1. The van der Waals surface area contributed by atoms with Crippen molar-refractivity contribution >= 4 is 29.1 Å². The van der Waals surface area contributed by atoms with Gasteiger partial charge in [0.2, 0.25) is 0 Å². The normalized spacial score (nSPS) is 30.6. The number of likely N-dealkylation sites (N-methyl/N-ethyl adjacent to an activating group) is 1. The summed E-state index contributed by atoms with van der Waals surface area (Å²) in [6.07, 6.45) is 3.46. The van der Waals surface area contributed by atoms with Crippen molar-refractivity contribution in [1.82, 2.24) is 30.2 Å². The van der Waals surface area contributed by atoms with Gasteiger partial charge in [-0.1, -0.05) is 0 Å². The molecule has 0 aliphatic carbocycles. The third-order valence-corrected chi connectivity index (χ3v) is 6.75. The lowest BCUT2D eigenvalue weighted by Crippen LogP contribution is -2.62. The largest absolute Gasteiger partial charge is 0.381 e. The molecule has 4 unspecified atom stereocenters. The predicted octanol–water partition coefficient (Wildman–Crippen LogP) is -0.0155. The Morgan fingerprint density at radius 3 is 2.93 bits per heavy atom. The highest BCUT2D eigenvalue weighted by Gasteiger charge is 2.36. The fraction of sp³-hybridized carbons (Fsp3) is 0.789. The molecule has 0 bridgehead atoms. The molecule has 0 radical (unpaired) electrons. The average molecular weight is 425 g/mol. The molecule has 2 saturated heterocycles. The molecule has 4 atom stereocenters. The van der Waals surface area contributed by atoms with Gasteiger partial charge in [0, 0.05) is 31.7 Å². The second kappa shape index (κ2) is 8.67. The first-order chi connectivity index (χ1) is 13.9. The van der Waals surface area contributed by atoms with Crippen molar-refractivity contribution in [2.75, 3.05) is 57.9 Å². The molecule has 3 aliphatic rings. The highest BCUT2D eigenvalue weighted by atomic mass is 35.5. The van der Waals surface area contributed by atoms with E-state index in [1.165, 1.54) is 12.8 Å². The number of nitrogen functional groups attached to an aromatic ring is 1. The molecule has 0 spiro atoms. The molecule has 5 N–H and O–H groups in total. The lowest BCUT2D eigenvalue weighted by molar-refractivity contribution is 0.0600. The van der Waals surface area contributed by atoms with Crippen LogP contribution in [0.15, 0.2) is 0 Å². The van der Waals surface area contributed by atoms with E-state index < -0.39 is 0 Å². The topological polar surface area (TPSA) is 103 Å². The predicted molar refractivity (Wildman–Crippen MR) is 116 cm³/mol. The Kier molecular flexibility index (Phi) is 6.19. The van der Waals surface area contributed by atoms with E-state index in [1.807, 2.05) is 0 Å². The van der Waals surface area contributed by atoms with E-state index in [1.54, 1.807) is 4.68 Å². The average Bonchev–Trinajstić information content (AvgIpc) is 3.03. The Balaban J connectivity index is 1.48. The minimum Gasteiger partial charge on any atom is -0.381 e. The molecule has 3 aliphatic heterocycles. The van der Waals surface area contributed by atoms with E-state index in [0.29, 0.717) is 36.6 Å². The second-order valence-corrected chi connectivity index (χ2v) is 9.28. The van der Waals surface area contributed by atoms with Gasteiger partial charge >= 0.3 is 0 Å². The van der Waals surface area contributed by atoms with Crippen molar-refractivity contribution in [1.29, 1.82) is 0 Å². The van der Waals surface area contributed by atoms with Crippen molar-refractivity contribution in [2.45, 2.75) is 49.3 Å². The Morgan fingerprint density at radius 1 is 1.31 bits per heavy atom. The number of piperidine rings is 2. The molecule has 0 saturated carbocycles. The zero-order valence-corrected chi connectivity index (χ0v) is 18.1. The molecule has 10 heteroatoms. The van der Waals surface area contributed by atoms with Gasteiger partial charge < -0.3 is 26.6 Å². The van der Waals surface area contributed by atoms with Crippen LogP contribution in [0, 0.1) is 0 Å². The molecule has 9 nitrogen and oxygen atoms in total. The fourth-order valence-electron chi connectivity index (χ4n) is 4.85. The summed E-state index contributed by atoms with van der Waals surface area (Å²) in [5, 5.41) is 14.1. The van der Waals surface area contributed by atoms with Crippen LogP contribution in [0.2, 0.25) is 0 Å². The van der Waals surface area contributed by atoms with Gasteiger partial charge in [-0.2, -0.15) is 5.10 Å². The van der Waals surface area contributed by atoms with Crippen molar-refractivity contribution < 1.29 is 4.79 Å². The van der Waals surface area contributed by atoms with E-state index in [-0.39, 0.29) is 23.1 Å². The standard InChI is InChI=1S/C19H33ClN8O/c1-26(2)13-4-3-7-27(11-13)15-5-6-22-9-14(15)24-19(29)16-17(21)25-28-10-12(20)8-23-18(16)28/h12-15,22-23H,3-11H2,1-2H3,(H2,21,25)(H,24,29). The maximum Gasteiger partial charge on any atom is 0.259 e. The van der Waals surface area contributed by atoms with Gasteiger partial charge in [0.25, 0.3) is 5.91 Å². The monoisotopic (exact) mass is 424 g/mol. The smallest absolute Gasteiger partial charge is 0.259 e. The Bertz CT molecular complexity index is 738. The van der Waals surface area contributed by atoms with Crippen molar-refractivity contribution in [3.8, 4) is 0 Å². The van der Waals surface area contributed by atoms with Crippen LogP contribution in [0.4, 0.5) is 11.6 Å². The Labute approximate surface area is 177 Å². The zero-order valence-electron chi connectivity index (χ0n) is 17.3. The Hall–Kier alpha value is -1.55. The zero-order chi connectivity index (χ0) is 20.5. The van der Waals surface area contributed by atoms with Gasteiger partial charge in [-0.3, -0.25) is 9.69 Å². The highest BCUT2D eigenvalue weighted by molar-refractivity contribution is 6.21. The van der Waals surface area contributed by atoms with Crippen molar-refractivity contribution in [2.24, 2.45) is 0 Å². The molecular weight excluding hydrogens is 392 g/mol. The summed E-state index contributed by atoms with van der Waals surface area (Å²) in [7, 11) is 4.31. The van der Waals surface area contributed by atoms with Gasteiger partial charge in [-0.25, -0.2) is 4.68 Å². The number of nitrogens with one attached hydrogen (secondary N) is 3. The van der Waals surface area contributed by atoms with Crippen LogP contribution in [0.1, 0.15) is 29.6 Å². The van der Waals surface area contributed by atoms with E-state index in [4.69, 9.17) is 17.3 Å². The van der Waals surface area contributed by atoms with Crippen LogP contribution in [0.3, 0.4) is 0 Å². The SMILES string of the molecule is CN(C)C1CCCN(C2CCNCC2NC(=O)c2c(N)nn3c2NCC(Cl)C3)C1. The van der Waals surface area contributed by atoms with Gasteiger partial charge in [-0.05, 0) is 46.4 Å². The number of hydrogen-bond acceptors (Lipinski definition) is 7. The number of rotatable bonds is 4. The third-order valence-electron chi connectivity index (χ3n) is 6.46. The minimum atomic E-state index is -0.163. The Morgan fingerprint density at radius 2 is 2.14 bits per heavy atom. The summed E-state index contributed by atoms with van der Waals surface area (Å²) in [6.45, 7) is 5.03. The van der Waals surface area contributed by atoms with E-state index >= 15 is 0 Å². The first-order valence-corrected chi connectivity index (χ1v) is 11.0. The number of carbonyl (C=O) groups excluding carboxylic acids is 1. The van der Waals surface area contributed by atoms with E-state index in [2.05, 4.69) is 44.9 Å².